The van der Waals surface area contributed by atoms with Gasteiger partial charge >= 0.3 is 0 Å². The third-order valence-electron chi connectivity index (χ3n) is 7.61. The number of fused-ring (bicyclic) bond motifs is 1. The van der Waals surface area contributed by atoms with Crippen LogP contribution < -0.4 is 9.47 Å². The summed E-state index contributed by atoms with van der Waals surface area (Å²) in [5.41, 5.74) is 1.98. The Labute approximate surface area is 216 Å². The maximum Gasteiger partial charge on any atom is 0.270 e. The van der Waals surface area contributed by atoms with Crippen molar-refractivity contribution in [1.82, 2.24) is 14.4 Å². The van der Waals surface area contributed by atoms with Crippen molar-refractivity contribution in [2.24, 2.45) is 0 Å². The minimum absolute atomic E-state index is 0.0305. The van der Waals surface area contributed by atoms with Gasteiger partial charge in [0.25, 0.3) is 11.8 Å². The molecule has 1 amide bonds. The van der Waals surface area contributed by atoms with Crippen LogP contribution in [0.1, 0.15) is 50.0 Å². The Morgan fingerprint density at radius 2 is 1.70 bits per heavy atom. The first kappa shape index (κ1) is 25.5. The molecular formula is C29H35F2N3O3. The van der Waals surface area contributed by atoms with Gasteiger partial charge in [0, 0.05) is 50.4 Å². The summed E-state index contributed by atoms with van der Waals surface area (Å²) < 4.78 is 41.4. The van der Waals surface area contributed by atoms with E-state index in [1.54, 1.807) is 7.11 Å². The van der Waals surface area contributed by atoms with Crippen LogP contribution in [-0.2, 0) is 0 Å². The standard InChI is InChI=1S/C29H35F2N3O3/c1-20(2)32-14-10-22(11-15-32)37-23-8-9-24-21(18-23)19-26(28(35)33-16-12-29(30,31)13-17-33)34(24)25-6-4-5-7-27(25)36-3/h4-9,18-20,22H,10-17H2,1-3H3. The summed E-state index contributed by atoms with van der Waals surface area (Å²) in [5.74, 6) is -1.59. The molecule has 2 aliphatic heterocycles. The van der Waals surface area contributed by atoms with E-state index in [9.17, 15) is 13.6 Å². The summed E-state index contributed by atoms with van der Waals surface area (Å²) in [4.78, 5) is 17.6. The first-order valence-corrected chi connectivity index (χ1v) is 13.1. The Morgan fingerprint density at radius 1 is 1.00 bits per heavy atom. The highest BCUT2D eigenvalue weighted by Gasteiger charge is 2.36. The van der Waals surface area contributed by atoms with Crippen LogP contribution in [0.25, 0.3) is 16.6 Å². The monoisotopic (exact) mass is 511 g/mol. The lowest BCUT2D eigenvalue weighted by atomic mass is 10.1. The van der Waals surface area contributed by atoms with E-state index in [0.29, 0.717) is 17.5 Å². The smallest absolute Gasteiger partial charge is 0.270 e. The Morgan fingerprint density at radius 3 is 2.38 bits per heavy atom. The number of carbonyl (C=O) groups excluding carboxylic acids is 1. The highest BCUT2D eigenvalue weighted by molar-refractivity contribution is 6.00. The van der Waals surface area contributed by atoms with Gasteiger partial charge < -0.3 is 23.8 Å². The molecule has 3 aromatic rings. The molecule has 8 heteroatoms. The number of methoxy groups -OCH3 is 1. The molecule has 0 aliphatic carbocycles. The van der Waals surface area contributed by atoms with Gasteiger partial charge in [-0.15, -0.1) is 0 Å². The average molecular weight is 512 g/mol. The van der Waals surface area contributed by atoms with Gasteiger partial charge in [0.1, 0.15) is 23.3 Å². The molecule has 6 nitrogen and oxygen atoms in total. The molecule has 2 saturated heterocycles. The number of piperidine rings is 2. The van der Waals surface area contributed by atoms with Crippen LogP contribution in [0.2, 0.25) is 0 Å². The van der Waals surface area contributed by atoms with E-state index in [0.717, 1.165) is 48.3 Å². The van der Waals surface area contributed by atoms with Gasteiger partial charge in [-0.2, -0.15) is 0 Å². The third kappa shape index (κ3) is 5.30. The molecular weight excluding hydrogens is 476 g/mol. The minimum atomic E-state index is -2.72. The first-order chi connectivity index (χ1) is 17.8. The summed E-state index contributed by atoms with van der Waals surface area (Å²) in [6, 6.07) is 15.8. The molecule has 0 saturated carbocycles. The molecule has 0 bridgehead atoms. The van der Waals surface area contributed by atoms with Crippen LogP contribution in [0.3, 0.4) is 0 Å². The first-order valence-electron chi connectivity index (χ1n) is 13.1. The summed E-state index contributed by atoms with van der Waals surface area (Å²) in [6.07, 6.45) is 1.46. The molecule has 2 aliphatic rings. The zero-order valence-corrected chi connectivity index (χ0v) is 21.8. The Bertz CT molecular complexity index is 1250. The van der Waals surface area contributed by atoms with Crippen LogP contribution in [-0.4, -0.2) is 71.6 Å². The zero-order chi connectivity index (χ0) is 26.2. The van der Waals surface area contributed by atoms with Gasteiger partial charge in [0.15, 0.2) is 0 Å². The Hall–Kier alpha value is -3.13. The molecule has 3 heterocycles. The number of aromatic nitrogens is 1. The second-order valence-corrected chi connectivity index (χ2v) is 10.4. The van der Waals surface area contributed by atoms with Crippen LogP contribution in [0.15, 0.2) is 48.5 Å². The lowest BCUT2D eigenvalue weighted by Gasteiger charge is -2.34. The van der Waals surface area contributed by atoms with E-state index >= 15 is 0 Å². The second-order valence-electron chi connectivity index (χ2n) is 10.4. The molecule has 198 valence electrons. The largest absolute Gasteiger partial charge is 0.495 e. The summed E-state index contributed by atoms with van der Waals surface area (Å²) in [5, 5.41) is 0.855. The molecule has 0 unspecified atom stereocenters. The van der Waals surface area contributed by atoms with Crippen LogP contribution in [0.4, 0.5) is 8.78 Å². The number of benzene rings is 2. The Kier molecular flexibility index (Phi) is 7.12. The highest BCUT2D eigenvalue weighted by atomic mass is 19.3. The Balaban J connectivity index is 1.48. The topological polar surface area (TPSA) is 46.9 Å². The number of likely N-dealkylation sites (tertiary alicyclic amines) is 2. The predicted molar refractivity (Wildman–Crippen MR) is 140 cm³/mol. The number of amides is 1. The number of halogens is 2. The van der Waals surface area contributed by atoms with Gasteiger partial charge in [-0.1, -0.05) is 12.1 Å². The molecule has 2 aromatic carbocycles. The van der Waals surface area contributed by atoms with Gasteiger partial charge in [-0.3, -0.25) is 4.79 Å². The van der Waals surface area contributed by atoms with Crippen LogP contribution in [0.5, 0.6) is 11.5 Å². The number of hydrogen-bond donors (Lipinski definition) is 0. The highest BCUT2D eigenvalue weighted by Crippen LogP contribution is 2.34. The molecule has 0 N–H and O–H groups in total. The molecule has 2 fully saturated rings. The minimum Gasteiger partial charge on any atom is -0.495 e. The van der Waals surface area contributed by atoms with E-state index in [4.69, 9.17) is 9.47 Å². The normalized spacial score (nSPS) is 18.9. The van der Waals surface area contributed by atoms with Crippen molar-refractivity contribution in [1.29, 1.82) is 0 Å². The molecule has 5 rings (SSSR count). The SMILES string of the molecule is COc1ccccc1-n1c(C(=O)N2CCC(F)(F)CC2)cc2cc(OC3CCN(C(C)C)CC3)ccc21. The van der Waals surface area contributed by atoms with Crippen molar-refractivity contribution in [3.63, 3.8) is 0 Å². The van der Waals surface area contributed by atoms with Crippen molar-refractivity contribution < 1.29 is 23.0 Å². The fourth-order valence-electron chi connectivity index (χ4n) is 5.40. The number of hydrogen-bond acceptors (Lipinski definition) is 4. The van der Waals surface area contributed by atoms with Gasteiger partial charge in [-0.05, 0) is 63.1 Å². The van der Waals surface area contributed by atoms with E-state index in [1.165, 1.54) is 4.90 Å². The van der Waals surface area contributed by atoms with Gasteiger partial charge in [0.2, 0.25) is 0 Å². The van der Waals surface area contributed by atoms with E-state index in [2.05, 4.69) is 18.7 Å². The van der Waals surface area contributed by atoms with Crippen molar-refractivity contribution in [2.45, 2.75) is 57.6 Å². The summed E-state index contributed by atoms with van der Waals surface area (Å²) in [7, 11) is 1.59. The number of rotatable bonds is 6. The van der Waals surface area contributed by atoms with Crippen LogP contribution in [0, 0.1) is 0 Å². The quantitative estimate of drug-likeness (QED) is 0.422. The van der Waals surface area contributed by atoms with Crippen molar-refractivity contribution in [3.05, 3.63) is 54.2 Å². The lowest BCUT2D eigenvalue weighted by molar-refractivity contribution is -0.0495. The summed E-state index contributed by atoms with van der Waals surface area (Å²) in [6.45, 7) is 6.53. The van der Waals surface area contributed by atoms with Crippen molar-refractivity contribution >= 4 is 16.8 Å². The van der Waals surface area contributed by atoms with Crippen molar-refractivity contribution in [3.8, 4) is 17.2 Å². The predicted octanol–water partition coefficient (Wildman–Crippen LogP) is 5.76. The van der Waals surface area contributed by atoms with E-state index < -0.39 is 5.92 Å². The number of para-hydroxylation sites is 2. The molecule has 1 aromatic heterocycles. The fourth-order valence-corrected chi connectivity index (χ4v) is 5.40. The van der Waals surface area contributed by atoms with E-state index in [-0.39, 0.29) is 37.9 Å². The maximum absolute atomic E-state index is 13.8. The number of alkyl halides is 2. The zero-order valence-electron chi connectivity index (χ0n) is 21.8. The molecule has 0 atom stereocenters. The van der Waals surface area contributed by atoms with E-state index in [1.807, 2.05) is 53.1 Å². The number of carbonyl (C=O) groups is 1. The number of nitrogens with zero attached hydrogens (tertiary/aromatic N) is 3. The lowest BCUT2D eigenvalue weighted by Crippen LogP contribution is -2.43. The van der Waals surface area contributed by atoms with Gasteiger partial charge in [0.05, 0.1) is 18.3 Å². The van der Waals surface area contributed by atoms with Crippen molar-refractivity contribution in [2.75, 3.05) is 33.3 Å². The average Bonchev–Trinajstić information content (AvgIpc) is 3.27. The second kappa shape index (κ2) is 10.3. The molecule has 0 spiro atoms. The third-order valence-corrected chi connectivity index (χ3v) is 7.61. The molecule has 0 radical (unpaired) electrons. The molecule has 37 heavy (non-hydrogen) atoms. The van der Waals surface area contributed by atoms with Crippen LogP contribution >= 0.6 is 0 Å². The number of ether oxygens (including phenoxy) is 2. The summed E-state index contributed by atoms with van der Waals surface area (Å²) >= 11 is 0. The van der Waals surface area contributed by atoms with Gasteiger partial charge in [-0.25, -0.2) is 8.78 Å². The maximum atomic E-state index is 13.8. The fraction of sp³-hybridized carbons (Fsp3) is 0.483.